The number of likely N-dealkylation sites (tertiary alicyclic amines) is 1. The third-order valence-electron chi connectivity index (χ3n) is 4.79. The second-order valence-electron chi connectivity index (χ2n) is 8.57. The summed E-state index contributed by atoms with van der Waals surface area (Å²) < 4.78 is 22.6. The van der Waals surface area contributed by atoms with E-state index in [-0.39, 0.29) is 12.2 Å². The molecule has 0 aromatic carbocycles. The van der Waals surface area contributed by atoms with Crippen molar-refractivity contribution in [3.8, 4) is 0 Å². The summed E-state index contributed by atoms with van der Waals surface area (Å²) in [4.78, 5) is 13.8. The third kappa shape index (κ3) is 8.23. The van der Waals surface area contributed by atoms with E-state index in [0.717, 1.165) is 38.4 Å². The first-order valence-electron chi connectivity index (χ1n) is 10.1. The molecule has 1 aliphatic carbocycles. The van der Waals surface area contributed by atoms with Crippen molar-refractivity contribution in [1.29, 1.82) is 0 Å². The molecule has 0 N–H and O–H groups in total. The highest BCUT2D eigenvalue weighted by Crippen LogP contribution is 2.29. The molecule has 0 atom stereocenters. The third-order valence-corrected chi connectivity index (χ3v) is 4.79. The topological polar surface area (TPSA) is 57.2 Å². The Morgan fingerprint density at radius 3 is 2.23 bits per heavy atom. The molecule has 1 heterocycles. The number of piperidine rings is 1. The molecule has 1 saturated carbocycles. The smallest absolute Gasteiger partial charge is 0.410 e. The molecule has 26 heavy (non-hydrogen) atoms. The monoisotopic (exact) mass is 371 g/mol. The van der Waals surface area contributed by atoms with E-state index in [1.807, 2.05) is 20.8 Å². The van der Waals surface area contributed by atoms with Crippen LogP contribution in [0.1, 0.15) is 59.8 Å². The molecule has 2 aliphatic rings. The maximum atomic E-state index is 12.0. The van der Waals surface area contributed by atoms with E-state index in [1.54, 1.807) is 4.90 Å². The van der Waals surface area contributed by atoms with Crippen LogP contribution in [0.15, 0.2) is 0 Å². The van der Waals surface area contributed by atoms with Crippen LogP contribution in [0.4, 0.5) is 4.79 Å². The molecular formula is C20H37NO5. The maximum Gasteiger partial charge on any atom is 0.410 e. The van der Waals surface area contributed by atoms with Gasteiger partial charge in [0.1, 0.15) is 5.60 Å². The molecule has 6 heteroatoms. The van der Waals surface area contributed by atoms with Crippen molar-refractivity contribution in [2.24, 2.45) is 5.92 Å². The molecule has 0 spiro atoms. The minimum atomic E-state index is -0.441. The molecule has 0 bridgehead atoms. The first-order chi connectivity index (χ1) is 12.3. The number of hydrogen-bond donors (Lipinski definition) is 0. The highest BCUT2D eigenvalue weighted by atomic mass is 16.6. The minimum Gasteiger partial charge on any atom is -0.444 e. The van der Waals surface area contributed by atoms with E-state index in [4.69, 9.17) is 18.9 Å². The van der Waals surface area contributed by atoms with Gasteiger partial charge in [0.05, 0.1) is 25.4 Å². The zero-order valence-electron chi connectivity index (χ0n) is 17.0. The summed E-state index contributed by atoms with van der Waals surface area (Å²) in [7, 11) is 0. The Balaban J connectivity index is 1.41. The Bertz CT molecular complexity index is 409. The van der Waals surface area contributed by atoms with Gasteiger partial charge in [0.15, 0.2) is 0 Å². The number of carbonyl (C=O) groups excluding carboxylic acids is 1. The zero-order chi connectivity index (χ0) is 19.0. The summed E-state index contributed by atoms with van der Waals surface area (Å²) in [5.74, 6) is 0.837. The Morgan fingerprint density at radius 2 is 1.62 bits per heavy atom. The fourth-order valence-corrected chi connectivity index (χ4v) is 3.28. The number of rotatable bonds is 9. The molecule has 0 radical (unpaired) electrons. The van der Waals surface area contributed by atoms with Gasteiger partial charge in [0.2, 0.25) is 0 Å². The van der Waals surface area contributed by atoms with Crippen LogP contribution >= 0.6 is 0 Å². The van der Waals surface area contributed by atoms with Crippen LogP contribution in [-0.2, 0) is 18.9 Å². The predicted molar refractivity (Wildman–Crippen MR) is 100 cm³/mol. The average Bonchev–Trinajstić information content (AvgIpc) is 2.54. The van der Waals surface area contributed by atoms with E-state index in [9.17, 15) is 4.79 Å². The van der Waals surface area contributed by atoms with Gasteiger partial charge in [-0.2, -0.15) is 0 Å². The molecule has 0 unspecified atom stereocenters. The van der Waals surface area contributed by atoms with Crippen molar-refractivity contribution in [3.63, 3.8) is 0 Å². The Kier molecular flexibility index (Phi) is 8.64. The molecule has 0 aromatic rings. The predicted octanol–water partition coefficient (Wildman–Crippen LogP) is 3.62. The number of ether oxygens (including phenoxy) is 4. The fourth-order valence-electron chi connectivity index (χ4n) is 3.28. The van der Waals surface area contributed by atoms with Gasteiger partial charge in [-0.15, -0.1) is 0 Å². The zero-order valence-corrected chi connectivity index (χ0v) is 17.0. The Labute approximate surface area is 158 Å². The van der Waals surface area contributed by atoms with Gasteiger partial charge in [-0.05, 0) is 58.8 Å². The highest BCUT2D eigenvalue weighted by Gasteiger charge is 2.27. The van der Waals surface area contributed by atoms with Crippen LogP contribution < -0.4 is 0 Å². The van der Waals surface area contributed by atoms with Gasteiger partial charge in [-0.1, -0.05) is 6.92 Å². The molecular weight excluding hydrogens is 334 g/mol. The van der Waals surface area contributed by atoms with Crippen molar-refractivity contribution in [1.82, 2.24) is 4.90 Å². The summed E-state index contributed by atoms with van der Waals surface area (Å²) in [6.45, 7) is 12.1. The summed E-state index contributed by atoms with van der Waals surface area (Å²) in [6, 6.07) is 0. The van der Waals surface area contributed by atoms with Crippen LogP contribution in [0.2, 0.25) is 0 Å². The van der Waals surface area contributed by atoms with Gasteiger partial charge in [-0.25, -0.2) is 4.79 Å². The number of amides is 1. The van der Waals surface area contributed by atoms with E-state index < -0.39 is 5.60 Å². The van der Waals surface area contributed by atoms with Crippen LogP contribution in [0.3, 0.4) is 0 Å². The van der Waals surface area contributed by atoms with Crippen LogP contribution in [0.25, 0.3) is 0 Å². The quantitative estimate of drug-likeness (QED) is 0.579. The van der Waals surface area contributed by atoms with Gasteiger partial charge in [-0.3, -0.25) is 0 Å². The minimum absolute atomic E-state index is 0.209. The molecule has 152 valence electrons. The molecule has 2 fully saturated rings. The van der Waals surface area contributed by atoms with Crippen LogP contribution in [0.5, 0.6) is 0 Å². The first-order valence-corrected chi connectivity index (χ1v) is 10.1. The largest absolute Gasteiger partial charge is 0.444 e. The lowest BCUT2D eigenvalue weighted by Crippen LogP contribution is -2.43. The summed E-state index contributed by atoms with van der Waals surface area (Å²) >= 11 is 0. The number of carbonyl (C=O) groups is 1. The van der Waals surface area contributed by atoms with E-state index >= 15 is 0 Å². The molecule has 6 nitrogen and oxygen atoms in total. The first kappa shape index (κ1) is 21.5. The molecule has 0 aromatic heterocycles. The number of nitrogens with zero attached hydrogens (tertiary/aromatic N) is 1. The fraction of sp³-hybridized carbons (Fsp3) is 0.950. The second-order valence-corrected chi connectivity index (χ2v) is 8.57. The summed E-state index contributed by atoms with van der Waals surface area (Å²) in [5.41, 5.74) is -0.441. The maximum absolute atomic E-state index is 12.0. The van der Waals surface area contributed by atoms with Crippen molar-refractivity contribution in [2.75, 3.05) is 39.5 Å². The molecule has 1 aliphatic heterocycles. The lowest BCUT2D eigenvalue weighted by atomic mass is 9.84. The van der Waals surface area contributed by atoms with Crippen molar-refractivity contribution in [2.45, 2.75) is 77.6 Å². The summed E-state index contributed by atoms with van der Waals surface area (Å²) in [5, 5.41) is 0. The second kappa shape index (κ2) is 10.5. The Morgan fingerprint density at radius 1 is 0.962 bits per heavy atom. The van der Waals surface area contributed by atoms with Gasteiger partial charge >= 0.3 is 6.09 Å². The van der Waals surface area contributed by atoms with Gasteiger partial charge in [0, 0.05) is 26.3 Å². The normalized spacial score (nSPS) is 24.4. The van der Waals surface area contributed by atoms with Gasteiger partial charge < -0.3 is 23.8 Å². The van der Waals surface area contributed by atoms with Crippen molar-refractivity contribution >= 4 is 6.09 Å². The molecule has 2 rings (SSSR count). The Hall–Kier alpha value is -0.850. The van der Waals surface area contributed by atoms with Crippen LogP contribution in [-0.4, -0.2) is 68.3 Å². The van der Waals surface area contributed by atoms with Crippen molar-refractivity contribution in [3.05, 3.63) is 0 Å². The van der Waals surface area contributed by atoms with E-state index in [1.165, 1.54) is 12.8 Å². The lowest BCUT2D eigenvalue weighted by Gasteiger charge is -2.33. The average molecular weight is 372 g/mol. The van der Waals surface area contributed by atoms with Crippen LogP contribution in [0, 0.1) is 5.92 Å². The standard InChI is InChI=1S/C20H37NO5/c1-16-14-18(15-16)24-11-5-10-23-12-13-25-17-6-8-21(9-7-17)19(22)26-20(2,3)4/h16-18H,5-15H2,1-4H3/t16-,18-. The number of hydrogen-bond acceptors (Lipinski definition) is 5. The SMILES string of the molecule is CC(C)(C)OC(=O)N1CCC(OCCOCCCO[C@H]2C[C@H](C)C2)CC1. The molecule has 1 amide bonds. The van der Waals surface area contributed by atoms with Crippen molar-refractivity contribution < 1.29 is 23.7 Å². The van der Waals surface area contributed by atoms with E-state index in [0.29, 0.717) is 32.4 Å². The molecule has 1 saturated heterocycles. The lowest BCUT2D eigenvalue weighted by molar-refractivity contribution is -0.0439. The summed E-state index contributed by atoms with van der Waals surface area (Å²) in [6.07, 6.45) is 5.54. The van der Waals surface area contributed by atoms with Gasteiger partial charge in [0.25, 0.3) is 0 Å². The van der Waals surface area contributed by atoms with E-state index in [2.05, 4.69) is 6.92 Å². The highest BCUT2D eigenvalue weighted by molar-refractivity contribution is 5.68.